The molecule has 8 nitrogen and oxygen atoms in total. The fourth-order valence-electron chi connectivity index (χ4n) is 3.60. The summed E-state index contributed by atoms with van der Waals surface area (Å²) in [6.45, 7) is 3.93. The zero-order valence-corrected chi connectivity index (χ0v) is 20.1. The first-order valence-electron chi connectivity index (χ1n) is 11.1. The summed E-state index contributed by atoms with van der Waals surface area (Å²) in [5.41, 5.74) is 2.34. The Morgan fingerprint density at radius 1 is 0.943 bits per heavy atom. The van der Waals surface area contributed by atoms with Gasteiger partial charge in [-0.05, 0) is 49.8 Å². The molecule has 0 aliphatic carbocycles. The predicted molar refractivity (Wildman–Crippen MR) is 133 cm³/mol. The van der Waals surface area contributed by atoms with Crippen LogP contribution in [0.1, 0.15) is 35.8 Å². The second-order valence-electron chi connectivity index (χ2n) is 7.55. The summed E-state index contributed by atoms with van der Waals surface area (Å²) in [6.07, 6.45) is 6.37. The fourth-order valence-corrected chi connectivity index (χ4v) is 3.60. The van der Waals surface area contributed by atoms with Crippen molar-refractivity contribution < 1.29 is 28.6 Å². The summed E-state index contributed by atoms with van der Waals surface area (Å²) in [4.78, 5) is 39.5. The number of anilines is 2. The monoisotopic (exact) mass is 476 g/mol. The van der Waals surface area contributed by atoms with Gasteiger partial charge in [0.15, 0.2) is 0 Å². The average Bonchev–Trinajstić information content (AvgIpc) is 3.11. The molecule has 1 atom stereocenters. The van der Waals surface area contributed by atoms with Crippen molar-refractivity contribution in [2.24, 2.45) is 0 Å². The van der Waals surface area contributed by atoms with Crippen LogP contribution in [0.3, 0.4) is 0 Å². The zero-order chi connectivity index (χ0) is 25.4. The molecule has 0 bridgehead atoms. The third-order valence-electron chi connectivity index (χ3n) is 5.33. The SMILES string of the molecule is CCOC(=O)c1ccc(NC(C)c2ccccc2)c(N2C=CC=CC(C(=O)OC)=C2C(=O)OC)c1. The van der Waals surface area contributed by atoms with Gasteiger partial charge in [0.05, 0.1) is 43.3 Å². The number of benzene rings is 2. The maximum Gasteiger partial charge on any atom is 0.355 e. The van der Waals surface area contributed by atoms with Crippen molar-refractivity contribution in [3.8, 4) is 0 Å². The van der Waals surface area contributed by atoms with Crippen LogP contribution in [0.2, 0.25) is 0 Å². The molecule has 182 valence electrons. The van der Waals surface area contributed by atoms with E-state index in [9.17, 15) is 14.4 Å². The van der Waals surface area contributed by atoms with Crippen LogP contribution in [0.25, 0.3) is 0 Å². The lowest BCUT2D eigenvalue weighted by Gasteiger charge is -2.27. The first kappa shape index (κ1) is 25.3. The quantitative estimate of drug-likeness (QED) is 0.439. The molecule has 0 spiro atoms. The molecule has 8 heteroatoms. The summed E-state index contributed by atoms with van der Waals surface area (Å²) in [5.74, 6) is -1.96. The summed E-state index contributed by atoms with van der Waals surface area (Å²) in [7, 11) is 2.46. The molecule has 0 fully saturated rings. The lowest BCUT2D eigenvalue weighted by atomic mass is 10.1. The van der Waals surface area contributed by atoms with Gasteiger partial charge in [0, 0.05) is 12.2 Å². The maximum atomic E-state index is 12.9. The van der Waals surface area contributed by atoms with Gasteiger partial charge in [0.1, 0.15) is 5.70 Å². The van der Waals surface area contributed by atoms with Crippen molar-refractivity contribution in [2.75, 3.05) is 31.0 Å². The molecule has 35 heavy (non-hydrogen) atoms. The van der Waals surface area contributed by atoms with Crippen molar-refractivity contribution in [1.29, 1.82) is 0 Å². The van der Waals surface area contributed by atoms with Crippen LogP contribution in [0.4, 0.5) is 11.4 Å². The maximum absolute atomic E-state index is 12.9. The number of rotatable bonds is 8. The lowest BCUT2D eigenvalue weighted by Crippen LogP contribution is -2.28. The predicted octanol–water partition coefficient (Wildman–Crippen LogP) is 4.53. The lowest BCUT2D eigenvalue weighted by molar-refractivity contribution is -0.139. The second kappa shape index (κ2) is 11.7. The molecule has 1 aliphatic rings. The molecule has 1 N–H and O–H groups in total. The Bertz CT molecular complexity index is 1180. The van der Waals surface area contributed by atoms with Crippen molar-refractivity contribution in [3.63, 3.8) is 0 Å². The van der Waals surface area contributed by atoms with E-state index >= 15 is 0 Å². The topological polar surface area (TPSA) is 94.2 Å². The van der Waals surface area contributed by atoms with Gasteiger partial charge >= 0.3 is 17.9 Å². The molecule has 0 aromatic heterocycles. The number of nitrogens with zero attached hydrogens (tertiary/aromatic N) is 1. The molecule has 0 radical (unpaired) electrons. The number of ether oxygens (including phenoxy) is 3. The number of carbonyl (C=O) groups is 3. The Kier molecular flexibility index (Phi) is 8.45. The standard InChI is InChI=1S/C27H28N2O6/c1-5-35-25(30)20-14-15-22(28-18(2)19-11-7-6-8-12-19)23(17-20)29-16-10-9-13-21(26(31)33-3)24(29)27(32)34-4/h6-18,28H,5H2,1-4H3. The molecule has 1 aliphatic heterocycles. The Balaban J connectivity index is 2.19. The van der Waals surface area contributed by atoms with E-state index in [-0.39, 0.29) is 29.5 Å². The molecular formula is C27H28N2O6. The van der Waals surface area contributed by atoms with Crippen LogP contribution in [0, 0.1) is 0 Å². The summed E-state index contributed by atoms with van der Waals surface area (Å²) in [5, 5.41) is 3.44. The van der Waals surface area contributed by atoms with Gasteiger partial charge in [-0.3, -0.25) is 0 Å². The van der Waals surface area contributed by atoms with E-state index in [1.54, 1.807) is 43.5 Å². The zero-order valence-electron chi connectivity index (χ0n) is 20.1. The second-order valence-corrected chi connectivity index (χ2v) is 7.55. The minimum Gasteiger partial charge on any atom is -0.465 e. The molecule has 0 saturated heterocycles. The van der Waals surface area contributed by atoms with Gasteiger partial charge in [-0.15, -0.1) is 0 Å². The third-order valence-corrected chi connectivity index (χ3v) is 5.33. The minimum absolute atomic E-state index is 0.00736. The van der Waals surface area contributed by atoms with Crippen LogP contribution in [-0.2, 0) is 23.8 Å². The highest BCUT2D eigenvalue weighted by atomic mass is 16.5. The van der Waals surface area contributed by atoms with Gasteiger partial charge in [0.25, 0.3) is 0 Å². The highest BCUT2D eigenvalue weighted by Crippen LogP contribution is 2.35. The number of carbonyl (C=O) groups excluding carboxylic acids is 3. The molecular weight excluding hydrogens is 448 g/mol. The minimum atomic E-state index is -0.745. The number of hydrogen-bond donors (Lipinski definition) is 1. The smallest absolute Gasteiger partial charge is 0.355 e. The van der Waals surface area contributed by atoms with E-state index in [1.807, 2.05) is 37.3 Å². The van der Waals surface area contributed by atoms with E-state index in [2.05, 4.69) is 5.32 Å². The molecule has 0 saturated carbocycles. The Labute approximate surface area is 204 Å². The normalized spacial score (nSPS) is 13.7. The number of nitrogens with one attached hydrogen (secondary N) is 1. The number of hydrogen-bond acceptors (Lipinski definition) is 8. The first-order chi connectivity index (χ1) is 16.9. The average molecular weight is 477 g/mol. The van der Waals surface area contributed by atoms with Crippen LogP contribution < -0.4 is 10.2 Å². The van der Waals surface area contributed by atoms with Crippen molar-refractivity contribution in [1.82, 2.24) is 0 Å². The van der Waals surface area contributed by atoms with Gasteiger partial charge in [-0.2, -0.15) is 0 Å². The van der Waals surface area contributed by atoms with E-state index in [1.165, 1.54) is 25.2 Å². The van der Waals surface area contributed by atoms with Crippen LogP contribution in [0.15, 0.2) is 84.2 Å². The van der Waals surface area contributed by atoms with Gasteiger partial charge in [0.2, 0.25) is 0 Å². The number of allylic oxidation sites excluding steroid dienone is 2. The summed E-state index contributed by atoms with van der Waals surface area (Å²) in [6, 6.07) is 14.7. The van der Waals surface area contributed by atoms with E-state index in [0.29, 0.717) is 11.4 Å². The summed E-state index contributed by atoms with van der Waals surface area (Å²) < 4.78 is 15.1. The Hall–Kier alpha value is -4.33. The van der Waals surface area contributed by atoms with Gasteiger partial charge in [-0.1, -0.05) is 36.4 Å². The highest BCUT2D eigenvalue weighted by Gasteiger charge is 2.29. The highest BCUT2D eigenvalue weighted by molar-refractivity contribution is 6.06. The van der Waals surface area contributed by atoms with E-state index < -0.39 is 17.9 Å². The van der Waals surface area contributed by atoms with Crippen molar-refractivity contribution >= 4 is 29.3 Å². The number of methoxy groups -OCH3 is 2. The number of esters is 3. The van der Waals surface area contributed by atoms with E-state index in [4.69, 9.17) is 14.2 Å². The third kappa shape index (κ3) is 5.78. The molecule has 0 amide bonds. The Morgan fingerprint density at radius 2 is 1.66 bits per heavy atom. The first-order valence-corrected chi connectivity index (χ1v) is 11.1. The molecule has 3 rings (SSSR count). The van der Waals surface area contributed by atoms with Crippen molar-refractivity contribution in [2.45, 2.75) is 19.9 Å². The molecule has 1 heterocycles. The van der Waals surface area contributed by atoms with E-state index in [0.717, 1.165) is 5.56 Å². The van der Waals surface area contributed by atoms with Crippen LogP contribution in [-0.4, -0.2) is 38.7 Å². The Morgan fingerprint density at radius 3 is 2.31 bits per heavy atom. The van der Waals surface area contributed by atoms with Crippen LogP contribution >= 0.6 is 0 Å². The van der Waals surface area contributed by atoms with Gasteiger partial charge in [-0.25, -0.2) is 14.4 Å². The van der Waals surface area contributed by atoms with Crippen LogP contribution in [0.5, 0.6) is 0 Å². The molecule has 2 aromatic carbocycles. The molecule has 2 aromatic rings. The summed E-state index contributed by atoms with van der Waals surface area (Å²) >= 11 is 0. The molecule has 1 unspecified atom stereocenters. The fraction of sp³-hybridized carbons (Fsp3) is 0.222. The van der Waals surface area contributed by atoms with Crippen molar-refractivity contribution in [3.05, 3.63) is 95.4 Å². The largest absolute Gasteiger partial charge is 0.465 e. The van der Waals surface area contributed by atoms with Gasteiger partial charge < -0.3 is 24.4 Å².